The van der Waals surface area contributed by atoms with Gasteiger partial charge in [0.1, 0.15) is 0 Å². The van der Waals surface area contributed by atoms with Crippen molar-refractivity contribution in [3.63, 3.8) is 0 Å². The summed E-state index contributed by atoms with van der Waals surface area (Å²) >= 11 is 0. The number of anilines is 2. The summed E-state index contributed by atoms with van der Waals surface area (Å²) in [6.07, 6.45) is 1.000. The second kappa shape index (κ2) is 4.45. The Morgan fingerprint density at radius 2 is 2.24 bits per heavy atom. The predicted molar refractivity (Wildman–Crippen MR) is 70.3 cm³/mol. The topological polar surface area (TPSA) is 75.0 Å². The van der Waals surface area contributed by atoms with Crippen molar-refractivity contribution in [3.05, 3.63) is 28.6 Å². The maximum absolute atomic E-state index is 11.9. The average molecular weight is 232 g/mol. The molecule has 5 nitrogen and oxygen atoms in total. The van der Waals surface area contributed by atoms with Crippen molar-refractivity contribution in [3.8, 4) is 0 Å². The van der Waals surface area contributed by atoms with Gasteiger partial charge < -0.3 is 10.6 Å². The van der Waals surface area contributed by atoms with E-state index in [4.69, 9.17) is 5.73 Å². The van der Waals surface area contributed by atoms with Gasteiger partial charge in [-0.1, -0.05) is 6.92 Å². The highest BCUT2D eigenvalue weighted by Crippen LogP contribution is 2.14. The van der Waals surface area contributed by atoms with E-state index in [2.05, 4.69) is 16.9 Å². The number of nitrogens with zero attached hydrogens (tertiary/aromatic N) is 2. The maximum atomic E-state index is 11.9. The lowest BCUT2D eigenvalue weighted by Gasteiger charge is -2.16. The first-order chi connectivity index (χ1) is 8.11. The zero-order valence-electron chi connectivity index (χ0n) is 10.0. The van der Waals surface area contributed by atoms with Gasteiger partial charge in [0.2, 0.25) is 5.95 Å². The van der Waals surface area contributed by atoms with Gasteiger partial charge in [0, 0.05) is 19.3 Å². The number of nitrogen functional groups attached to an aromatic ring is 1. The molecule has 2 rings (SSSR count). The van der Waals surface area contributed by atoms with Crippen LogP contribution in [0.15, 0.2) is 23.0 Å². The van der Waals surface area contributed by atoms with E-state index < -0.39 is 0 Å². The lowest BCUT2D eigenvalue weighted by molar-refractivity contribution is 0.820. The first-order valence-corrected chi connectivity index (χ1v) is 5.62. The molecule has 90 valence electrons. The molecule has 0 radical (unpaired) electrons. The van der Waals surface area contributed by atoms with Gasteiger partial charge in [-0.05, 0) is 24.6 Å². The van der Waals surface area contributed by atoms with Gasteiger partial charge in [-0.2, -0.15) is 0 Å². The summed E-state index contributed by atoms with van der Waals surface area (Å²) in [6, 6.07) is 5.16. The molecular weight excluding hydrogens is 216 g/mol. The van der Waals surface area contributed by atoms with E-state index in [1.807, 2.05) is 11.9 Å². The van der Waals surface area contributed by atoms with E-state index >= 15 is 0 Å². The van der Waals surface area contributed by atoms with Gasteiger partial charge in [-0.15, -0.1) is 0 Å². The van der Waals surface area contributed by atoms with Crippen LogP contribution in [0.1, 0.15) is 13.3 Å². The average Bonchev–Trinajstić information content (AvgIpc) is 2.30. The van der Waals surface area contributed by atoms with E-state index in [-0.39, 0.29) is 5.56 Å². The Morgan fingerprint density at radius 3 is 2.94 bits per heavy atom. The van der Waals surface area contributed by atoms with Crippen LogP contribution in [-0.4, -0.2) is 23.6 Å². The van der Waals surface area contributed by atoms with Crippen LogP contribution in [0, 0.1) is 0 Å². The molecule has 0 aliphatic rings. The number of aromatic amines is 1. The van der Waals surface area contributed by atoms with Gasteiger partial charge in [-0.25, -0.2) is 4.98 Å². The normalized spacial score (nSPS) is 10.7. The zero-order valence-corrected chi connectivity index (χ0v) is 10.0. The number of nitrogens with one attached hydrogen (secondary N) is 1. The molecule has 1 aromatic heterocycles. The summed E-state index contributed by atoms with van der Waals surface area (Å²) in [5, 5.41) is 0.527. The minimum absolute atomic E-state index is 0.153. The third-order valence-corrected chi connectivity index (χ3v) is 2.64. The summed E-state index contributed by atoms with van der Waals surface area (Å²) < 4.78 is 0. The Hall–Kier alpha value is -2.04. The zero-order chi connectivity index (χ0) is 12.4. The monoisotopic (exact) mass is 232 g/mol. The smallest absolute Gasteiger partial charge is 0.260 e. The van der Waals surface area contributed by atoms with E-state index in [0.717, 1.165) is 13.0 Å². The van der Waals surface area contributed by atoms with Crippen molar-refractivity contribution in [2.75, 3.05) is 24.2 Å². The molecule has 0 aliphatic heterocycles. The van der Waals surface area contributed by atoms with Crippen LogP contribution in [0.4, 0.5) is 11.6 Å². The van der Waals surface area contributed by atoms with Crippen LogP contribution in [0.3, 0.4) is 0 Å². The summed E-state index contributed by atoms with van der Waals surface area (Å²) in [5.74, 6) is 0.592. The molecule has 0 saturated carbocycles. The first-order valence-electron chi connectivity index (χ1n) is 5.62. The number of H-pyrrole nitrogens is 1. The molecular formula is C12H16N4O. The van der Waals surface area contributed by atoms with E-state index in [0.29, 0.717) is 22.5 Å². The molecule has 0 saturated heterocycles. The van der Waals surface area contributed by atoms with Gasteiger partial charge in [0.15, 0.2) is 0 Å². The summed E-state index contributed by atoms with van der Waals surface area (Å²) in [7, 11) is 1.91. The molecule has 0 unspecified atom stereocenters. The van der Waals surface area contributed by atoms with Crippen molar-refractivity contribution >= 4 is 22.5 Å². The lowest BCUT2D eigenvalue weighted by atomic mass is 10.2. The van der Waals surface area contributed by atoms with Crippen molar-refractivity contribution in [1.82, 2.24) is 9.97 Å². The Bertz CT molecular complexity index is 591. The Kier molecular flexibility index (Phi) is 2.99. The van der Waals surface area contributed by atoms with Crippen LogP contribution in [-0.2, 0) is 0 Å². The fourth-order valence-electron chi connectivity index (χ4n) is 1.77. The van der Waals surface area contributed by atoms with Gasteiger partial charge >= 0.3 is 0 Å². The molecule has 2 aromatic rings. The van der Waals surface area contributed by atoms with Crippen molar-refractivity contribution < 1.29 is 0 Å². The number of fused-ring (bicyclic) bond motifs is 1. The first kappa shape index (κ1) is 11.4. The molecule has 0 bridgehead atoms. The molecule has 0 atom stereocenters. The number of rotatable bonds is 3. The van der Waals surface area contributed by atoms with Crippen molar-refractivity contribution in [1.29, 1.82) is 0 Å². The van der Waals surface area contributed by atoms with Crippen molar-refractivity contribution in [2.24, 2.45) is 0 Å². The highest BCUT2D eigenvalue weighted by atomic mass is 16.1. The second-order valence-corrected chi connectivity index (χ2v) is 4.09. The van der Waals surface area contributed by atoms with Gasteiger partial charge in [-0.3, -0.25) is 9.78 Å². The molecule has 5 heteroatoms. The summed E-state index contributed by atoms with van der Waals surface area (Å²) in [6.45, 7) is 2.93. The van der Waals surface area contributed by atoms with E-state index in [9.17, 15) is 4.79 Å². The fourth-order valence-corrected chi connectivity index (χ4v) is 1.77. The molecule has 0 aliphatic carbocycles. The van der Waals surface area contributed by atoms with E-state index in [1.165, 1.54) is 0 Å². The summed E-state index contributed by atoms with van der Waals surface area (Å²) in [4.78, 5) is 21.0. The number of hydrogen-bond acceptors (Lipinski definition) is 4. The van der Waals surface area contributed by atoms with Crippen LogP contribution in [0.25, 0.3) is 10.9 Å². The number of benzene rings is 1. The molecule has 17 heavy (non-hydrogen) atoms. The van der Waals surface area contributed by atoms with Crippen molar-refractivity contribution in [2.45, 2.75) is 13.3 Å². The predicted octanol–water partition coefficient (Wildman–Crippen LogP) is 1.35. The largest absolute Gasteiger partial charge is 0.399 e. The molecule has 1 aromatic carbocycles. The Labute approximate surface area is 99.3 Å². The quantitative estimate of drug-likeness (QED) is 0.783. The highest BCUT2D eigenvalue weighted by molar-refractivity contribution is 5.81. The van der Waals surface area contributed by atoms with Crippen LogP contribution in [0.2, 0.25) is 0 Å². The molecule has 0 fully saturated rings. The molecule has 1 heterocycles. The lowest BCUT2D eigenvalue weighted by Crippen LogP contribution is -2.23. The molecule has 3 N–H and O–H groups in total. The van der Waals surface area contributed by atoms with Gasteiger partial charge in [0.05, 0.1) is 10.9 Å². The summed E-state index contributed by atoms with van der Waals surface area (Å²) in [5.41, 5.74) is 6.73. The van der Waals surface area contributed by atoms with Crippen LogP contribution in [0.5, 0.6) is 0 Å². The third-order valence-electron chi connectivity index (χ3n) is 2.64. The standard InChI is InChI=1S/C12H16N4O/c1-3-6-16(2)12-14-10-5-4-8(13)7-9(10)11(17)15-12/h4-5,7H,3,6,13H2,1-2H3,(H,14,15,17). The Balaban J connectivity index is 2.56. The van der Waals surface area contributed by atoms with E-state index in [1.54, 1.807) is 18.2 Å². The highest BCUT2D eigenvalue weighted by Gasteiger charge is 2.07. The van der Waals surface area contributed by atoms with Crippen LogP contribution >= 0.6 is 0 Å². The fraction of sp³-hybridized carbons (Fsp3) is 0.333. The maximum Gasteiger partial charge on any atom is 0.260 e. The van der Waals surface area contributed by atoms with Gasteiger partial charge in [0.25, 0.3) is 5.56 Å². The molecule has 0 spiro atoms. The van der Waals surface area contributed by atoms with Crippen LogP contribution < -0.4 is 16.2 Å². The second-order valence-electron chi connectivity index (χ2n) is 4.09. The minimum atomic E-state index is -0.153. The molecule has 0 amide bonds. The minimum Gasteiger partial charge on any atom is -0.399 e. The number of nitrogens with two attached hydrogens (primary N) is 1. The number of aromatic nitrogens is 2. The number of hydrogen-bond donors (Lipinski definition) is 2. The SMILES string of the molecule is CCCN(C)c1nc2ccc(N)cc2c(=O)[nH]1. The third kappa shape index (κ3) is 2.22. The Morgan fingerprint density at radius 1 is 1.47 bits per heavy atom.